The molecular weight excluding hydrogens is 464 g/mol. The SMILES string of the molecule is C=CCCC(C[N+](=O)[O-])c1c(OC)cc(OC)c2c(-c3ccccc3)c(-c3ccccc3)n(CC=C)c12. The van der Waals surface area contributed by atoms with E-state index in [9.17, 15) is 10.1 Å². The van der Waals surface area contributed by atoms with E-state index in [-0.39, 0.29) is 17.4 Å². The Kier molecular flexibility index (Phi) is 8.08. The largest absolute Gasteiger partial charge is 0.496 e. The Labute approximate surface area is 217 Å². The summed E-state index contributed by atoms with van der Waals surface area (Å²) in [6, 6.07) is 22.2. The Morgan fingerprint density at radius 3 is 2.11 bits per heavy atom. The van der Waals surface area contributed by atoms with Crippen molar-refractivity contribution in [3.05, 3.63) is 108 Å². The molecule has 1 atom stereocenters. The first-order valence-corrected chi connectivity index (χ1v) is 12.3. The lowest BCUT2D eigenvalue weighted by Crippen LogP contribution is -2.15. The average molecular weight is 497 g/mol. The molecule has 0 saturated heterocycles. The number of nitrogens with zero attached hydrogens (tertiary/aromatic N) is 2. The van der Waals surface area contributed by atoms with Crippen LogP contribution in [0.4, 0.5) is 0 Å². The van der Waals surface area contributed by atoms with E-state index in [4.69, 9.17) is 9.47 Å². The van der Waals surface area contributed by atoms with Crippen LogP contribution in [0.2, 0.25) is 0 Å². The van der Waals surface area contributed by atoms with Crippen LogP contribution in [0.25, 0.3) is 33.3 Å². The van der Waals surface area contributed by atoms with Crippen LogP contribution in [-0.4, -0.2) is 30.3 Å². The molecule has 6 nitrogen and oxygen atoms in total. The van der Waals surface area contributed by atoms with E-state index in [1.54, 1.807) is 20.3 Å². The molecule has 0 aliphatic heterocycles. The van der Waals surface area contributed by atoms with E-state index >= 15 is 0 Å². The molecule has 0 bridgehead atoms. The third kappa shape index (κ3) is 5.00. The first-order valence-electron chi connectivity index (χ1n) is 12.3. The van der Waals surface area contributed by atoms with Gasteiger partial charge in [0.25, 0.3) is 0 Å². The lowest BCUT2D eigenvalue weighted by Gasteiger charge is -2.21. The number of methoxy groups -OCH3 is 2. The molecule has 0 aliphatic carbocycles. The topological polar surface area (TPSA) is 66.5 Å². The summed E-state index contributed by atoms with van der Waals surface area (Å²) < 4.78 is 14.0. The van der Waals surface area contributed by atoms with Gasteiger partial charge in [0.1, 0.15) is 11.5 Å². The van der Waals surface area contributed by atoms with Crippen molar-refractivity contribution in [2.45, 2.75) is 25.3 Å². The van der Waals surface area contributed by atoms with Crippen molar-refractivity contribution in [2.75, 3.05) is 20.8 Å². The van der Waals surface area contributed by atoms with Crippen LogP contribution in [-0.2, 0) is 6.54 Å². The first kappa shape index (κ1) is 25.8. The minimum Gasteiger partial charge on any atom is -0.496 e. The maximum atomic E-state index is 11.8. The molecule has 0 radical (unpaired) electrons. The number of hydrogen-bond donors (Lipinski definition) is 0. The Bertz CT molecular complexity index is 1410. The highest BCUT2D eigenvalue weighted by Gasteiger charge is 2.31. The van der Waals surface area contributed by atoms with Crippen LogP contribution in [0.15, 0.2) is 92.0 Å². The summed E-state index contributed by atoms with van der Waals surface area (Å²) in [5.41, 5.74) is 5.73. The van der Waals surface area contributed by atoms with Crippen molar-refractivity contribution in [1.29, 1.82) is 0 Å². The molecule has 4 aromatic rings. The van der Waals surface area contributed by atoms with Gasteiger partial charge >= 0.3 is 0 Å². The quantitative estimate of drug-likeness (QED) is 0.116. The molecular formula is C31H32N2O4. The summed E-state index contributed by atoms with van der Waals surface area (Å²) in [6.07, 6.45) is 4.87. The van der Waals surface area contributed by atoms with Gasteiger partial charge in [-0.1, -0.05) is 72.8 Å². The Morgan fingerprint density at radius 1 is 0.946 bits per heavy atom. The molecule has 190 valence electrons. The van der Waals surface area contributed by atoms with E-state index in [2.05, 4.69) is 42.0 Å². The second kappa shape index (κ2) is 11.6. The standard InChI is InChI=1S/C31H32N2O4/c1-5-7-14-24(21-33(34)35)27-25(36-3)20-26(37-4)29-28(22-15-10-8-11-16-22)30(23-17-12-9-13-18-23)32(19-6-2)31(27)29/h5-6,8-13,15-18,20,24H,1-2,7,14,19,21H2,3-4H3. The van der Waals surface area contributed by atoms with E-state index in [1.807, 2.05) is 48.5 Å². The van der Waals surface area contributed by atoms with Gasteiger partial charge in [-0.2, -0.15) is 0 Å². The normalized spacial score (nSPS) is 11.7. The van der Waals surface area contributed by atoms with Gasteiger partial charge in [-0.05, 0) is 24.0 Å². The molecule has 0 fully saturated rings. The lowest BCUT2D eigenvalue weighted by molar-refractivity contribution is -0.483. The zero-order chi connectivity index (χ0) is 26.4. The molecule has 37 heavy (non-hydrogen) atoms. The molecule has 0 saturated carbocycles. The van der Waals surface area contributed by atoms with E-state index < -0.39 is 0 Å². The number of aromatic nitrogens is 1. The van der Waals surface area contributed by atoms with Crippen LogP contribution in [0, 0.1) is 10.1 Å². The van der Waals surface area contributed by atoms with Gasteiger partial charge in [-0.25, -0.2) is 0 Å². The predicted molar refractivity (Wildman–Crippen MR) is 150 cm³/mol. The third-order valence-corrected chi connectivity index (χ3v) is 6.65. The first-order chi connectivity index (χ1) is 18.0. The maximum Gasteiger partial charge on any atom is 0.210 e. The van der Waals surface area contributed by atoms with Crippen molar-refractivity contribution in [1.82, 2.24) is 4.57 Å². The minimum atomic E-state index is -0.387. The Hall–Kier alpha value is -4.32. The van der Waals surface area contributed by atoms with Crippen molar-refractivity contribution in [3.8, 4) is 33.9 Å². The third-order valence-electron chi connectivity index (χ3n) is 6.65. The van der Waals surface area contributed by atoms with Crippen LogP contribution in [0.1, 0.15) is 24.3 Å². The summed E-state index contributed by atoms with van der Waals surface area (Å²) in [5, 5.41) is 12.7. The Balaban J connectivity index is 2.25. The van der Waals surface area contributed by atoms with Gasteiger partial charge < -0.3 is 14.0 Å². The summed E-state index contributed by atoms with van der Waals surface area (Å²) in [6.45, 7) is 8.16. The van der Waals surface area contributed by atoms with E-state index in [1.165, 1.54) is 0 Å². The summed E-state index contributed by atoms with van der Waals surface area (Å²) >= 11 is 0. The van der Waals surface area contributed by atoms with Crippen molar-refractivity contribution >= 4 is 10.9 Å². The fraction of sp³-hybridized carbons (Fsp3) is 0.226. The van der Waals surface area contributed by atoms with Crippen molar-refractivity contribution < 1.29 is 14.4 Å². The highest BCUT2D eigenvalue weighted by atomic mass is 16.6. The number of fused-ring (bicyclic) bond motifs is 1. The second-order valence-electron chi connectivity index (χ2n) is 8.85. The fourth-order valence-corrected chi connectivity index (χ4v) is 5.17. The molecule has 1 heterocycles. The van der Waals surface area contributed by atoms with Gasteiger partial charge in [0.05, 0.1) is 36.7 Å². The van der Waals surface area contributed by atoms with Crippen LogP contribution in [0.3, 0.4) is 0 Å². The summed E-state index contributed by atoms with van der Waals surface area (Å²) in [4.78, 5) is 11.6. The number of rotatable bonds is 12. The number of hydrogen-bond acceptors (Lipinski definition) is 4. The summed E-state index contributed by atoms with van der Waals surface area (Å²) in [5.74, 6) is 0.836. The molecule has 6 heteroatoms. The number of allylic oxidation sites excluding steroid dienone is 2. The van der Waals surface area contributed by atoms with Crippen molar-refractivity contribution in [3.63, 3.8) is 0 Å². The lowest BCUT2D eigenvalue weighted by atomic mass is 9.89. The zero-order valence-electron chi connectivity index (χ0n) is 21.4. The molecule has 0 aliphatic rings. The molecule has 1 unspecified atom stereocenters. The highest BCUT2D eigenvalue weighted by Crippen LogP contribution is 2.50. The molecule has 3 aromatic carbocycles. The zero-order valence-corrected chi connectivity index (χ0v) is 21.4. The van der Waals surface area contributed by atoms with Gasteiger partial charge in [0.2, 0.25) is 6.54 Å². The molecule has 1 aromatic heterocycles. The van der Waals surface area contributed by atoms with E-state index in [0.29, 0.717) is 30.9 Å². The highest BCUT2D eigenvalue weighted by molar-refractivity contribution is 6.09. The molecule has 0 N–H and O–H groups in total. The van der Waals surface area contributed by atoms with Crippen LogP contribution in [0.5, 0.6) is 11.5 Å². The van der Waals surface area contributed by atoms with Crippen molar-refractivity contribution in [2.24, 2.45) is 0 Å². The van der Waals surface area contributed by atoms with Crippen LogP contribution >= 0.6 is 0 Å². The van der Waals surface area contributed by atoms with Gasteiger partial charge in [0, 0.05) is 28.7 Å². The minimum absolute atomic E-state index is 0.216. The predicted octanol–water partition coefficient (Wildman–Crippen LogP) is 7.51. The second-order valence-corrected chi connectivity index (χ2v) is 8.85. The number of ether oxygens (including phenoxy) is 2. The smallest absolute Gasteiger partial charge is 0.210 e. The average Bonchev–Trinajstić information content (AvgIpc) is 3.26. The van der Waals surface area contributed by atoms with Gasteiger partial charge in [-0.15, -0.1) is 13.2 Å². The summed E-state index contributed by atoms with van der Waals surface area (Å²) in [7, 11) is 3.24. The Morgan fingerprint density at radius 2 is 1.57 bits per heavy atom. The van der Waals surface area contributed by atoms with Gasteiger partial charge in [0.15, 0.2) is 0 Å². The van der Waals surface area contributed by atoms with Gasteiger partial charge in [-0.3, -0.25) is 10.1 Å². The number of nitro groups is 1. The molecule has 0 spiro atoms. The monoisotopic (exact) mass is 496 g/mol. The van der Waals surface area contributed by atoms with Crippen LogP contribution < -0.4 is 9.47 Å². The molecule has 0 amide bonds. The maximum absolute atomic E-state index is 11.8. The fourth-order valence-electron chi connectivity index (χ4n) is 5.17. The number of benzene rings is 3. The molecule has 4 rings (SSSR count). The van der Waals surface area contributed by atoms with E-state index in [0.717, 1.165) is 38.9 Å².